The van der Waals surface area contributed by atoms with E-state index in [2.05, 4.69) is 29.0 Å². The highest BCUT2D eigenvalue weighted by molar-refractivity contribution is 14.0. The van der Waals surface area contributed by atoms with Crippen molar-refractivity contribution in [2.24, 2.45) is 4.99 Å². The quantitative estimate of drug-likeness (QED) is 0.265. The van der Waals surface area contributed by atoms with Crippen LogP contribution in [0.1, 0.15) is 51.2 Å². The van der Waals surface area contributed by atoms with Crippen LogP contribution in [0.15, 0.2) is 40.0 Å². The van der Waals surface area contributed by atoms with Crippen LogP contribution >= 0.6 is 24.0 Å². The third kappa shape index (κ3) is 7.86. The van der Waals surface area contributed by atoms with Crippen molar-refractivity contribution in [2.75, 3.05) is 26.2 Å². The predicted octanol–water partition coefficient (Wildman–Crippen LogP) is 3.96. The zero-order valence-corrected chi connectivity index (χ0v) is 18.9. The summed E-state index contributed by atoms with van der Waals surface area (Å²) in [5.41, 5.74) is 1.25. The molecule has 0 unspecified atom stereocenters. The zero-order valence-electron chi connectivity index (χ0n) is 16.6. The molecule has 27 heavy (non-hydrogen) atoms. The van der Waals surface area contributed by atoms with E-state index in [1.54, 1.807) is 6.26 Å². The summed E-state index contributed by atoms with van der Waals surface area (Å²) in [6.07, 6.45) is 10.1. The number of furan rings is 1. The second-order valence-electron chi connectivity index (χ2n) is 7.84. The van der Waals surface area contributed by atoms with Gasteiger partial charge in [-0.3, -0.25) is 9.89 Å². The first-order valence-corrected chi connectivity index (χ1v) is 10.2. The van der Waals surface area contributed by atoms with E-state index in [1.165, 1.54) is 31.3 Å². The number of aliphatic imine (C=N–C) groups is 1. The Morgan fingerprint density at radius 1 is 1.19 bits per heavy atom. The van der Waals surface area contributed by atoms with Crippen LogP contribution in [-0.2, 0) is 6.42 Å². The molecular formula is C21H35IN4O. The highest BCUT2D eigenvalue weighted by Crippen LogP contribution is 2.18. The molecule has 1 saturated carbocycles. The zero-order chi connectivity index (χ0) is 18.2. The number of halogens is 1. The molecule has 6 heteroatoms. The van der Waals surface area contributed by atoms with E-state index in [0.29, 0.717) is 12.1 Å². The maximum atomic E-state index is 5.42. The minimum atomic E-state index is 0. The van der Waals surface area contributed by atoms with E-state index in [1.807, 2.05) is 12.1 Å². The van der Waals surface area contributed by atoms with Gasteiger partial charge in [-0.1, -0.05) is 25.0 Å². The van der Waals surface area contributed by atoms with Gasteiger partial charge in [0.25, 0.3) is 0 Å². The number of guanidine groups is 1. The second kappa shape index (κ2) is 11.7. The van der Waals surface area contributed by atoms with E-state index >= 15 is 0 Å². The first-order valence-electron chi connectivity index (χ1n) is 10.2. The Labute approximate surface area is 181 Å². The number of hydrogen-bond acceptors (Lipinski definition) is 3. The molecule has 0 spiro atoms. The van der Waals surface area contributed by atoms with Crippen LogP contribution in [-0.4, -0.2) is 49.1 Å². The molecule has 5 nitrogen and oxygen atoms in total. The summed E-state index contributed by atoms with van der Waals surface area (Å²) in [5, 5.41) is 7.36. The lowest BCUT2D eigenvalue weighted by Gasteiger charge is -2.33. The molecule has 0 radical (unpaired) electrons. The Balaban J connectivity index is 0.00000261. The summed E-state index contributed by atoms with van der Waals surface area (Å²) in [4.78, 5) is 7.33. The molecule has 2 fully saturated rings. The Morgan fingerprint density at radius 2 is 1.85 bits per heavy atom. The summed E-state index contributed by atoms with van der Waals surface area (Å²) < 4.78 is 5.42. The van der Waals surface area contributed by atoms with Gasteiger partial charge in [-0.05, 0) is 44.7 Å². The van der Waals surface area contributed by atoms with Gasteiger partial charge >= 0.3 is 0 Å². The Kier molecular flexibility index (Phi) is 9.68. The fourth-order valence-electron chi connectivity index (χ4n) is 3.94. The van der Waals surface area contributed by atoms with Gasteiger partial charge in [0.1, 0.15) is 5.76 Å². The largest absolute Gasteiger partial charge is 0.469 e. The smallest absolute Gasteiger partial charge is 0.191 e. The Morgan fingerprint density at radius 3 is 2.44 bits per heavy atom. The second-order valence-corrected chi connectivity index (χ2v) is 7.84. The minimum Gasteiger partial charge on any atom is -0.469 e. The highest BCUT2D eigenvalue weighted by atomic mass is 127. The molecule has 1 aliphatic carbocycles. The molecule has 0 bridgehead atoms. The fraction of sp³-hybridized carbons (Fsp3) is 0.667. The van der Waals surface area contributed by atoms with Crippen molar-refractivity contribution in [3.05, 3.63) is 36.3 Å². The van der Waals surface area contributed by atoms with Gasteiger partial charge in [-0.2, -0.15) is 0 Å². The van der Waals surface area contributed by atoms with Crippen molar-refractivity contribution in [1.82, 2.24) is 15.5 Å². The van der Waals surface area contributed by atoms with Gasteiger partial charge < -0.3 is 15.1 Å². The van der Waals surface area contributed by atoms with Crippen molar-refractivity contribution < 1.29 is 4.42 Å². The monoisotopic (exact) mass is 486 g/mol. The van der Waals surface area contributed by atoms with E-state index in [4.69, 9.17) is 9.41 Å². The summed E-state index contributed by atoms with van der Waals surface area (Å²) >= 11 is 0. The Hall–Kier alpha value is -1.02. The molecule has 0 atom stereocenters. The van der Waals surface area contributed by atoms with Gasteiger partial charge in [-0.15, -0.1) is 24.0 Å². The number of nitrogens with one attached hydrogen (secondary N) is 2. The number of hydrogen-bond donors (Lipinski definition) is 2. The van der Waals surface area contributed by atoms with Gasteiger partial charge in [0.2, 0.25) is 0 Å². The topological polar surface area (TPSA) is 52.8 Å². The van der Waals surface area contributed by atoms with Crippen molar-refractivity contribution in [3.63, 3.8) is 0 Å². The molecule has 0 amide bonds. The van der Waals surface area contributed by atoms with Crippen molar-refractivity contribution in [2.45, 2.75) is 64.0 Å². The van der Waals surface area contributed by atoms with Crippen molar-refractivity contribution >= 4 is 29.9 Å². The van der Waals surface area contributed by atoms with Crippen LogP contribution in [0.5, 0.6) is 0 Å². The first kappa shape index (κ1) is 22.3. The molecule has 3 rings (SSSR count). The first-order chi connectivity index (χ1) is 12.7. The van der Waals surface area contributed by atoms with Gasteiger partial charge in [0.15, 0.2) is 5.96 Å². The van der Waals surface area contributed by atoms with Crippen molar-refractivity contribution in [1.29, 1.82) is 0 Å². The number of nitrogens with zero attached hydrogens (tertiary/aromatic N) is 2. The van der Waals surface area contributed by atoms with Crippen molar-refractivity contribution in [3.8, 4) is 0 Å². The minimum absolute atomic E-state index is 0. The maximum absolute atomic E-state index is 5.42. The predicted molar refractivity (Wildman–Crippen MR) is 123 cm³/mol. The molecule has 1 saturated heterocycles. The number of piperidine rings is 1. The van der Waals surface area contributed by atoms with E-state index < -0.39 is 0 Å². The van der Waals surface area contributed by atoms with Crippen LogP contribution in [0.25, 0.3) is 0 Å². The van der Waals surface area contributed by atoms with E-state index in [-0.39, 0.29) is 24.0 Å². The van der Waals surface area contributed by atoms with Crippen LogP contribution in [0.3, 0.4) is 0 Å². The van der Waals surface area contributed by atoms with Gasteiger partial charge in [0, 0.05) is 44.7 Å². The summed E-state index contributed by atoms with van der Waals surface area (Å²) in [5.74, 6) is 1.99. The molecule has 2 N–H and O–H groups in total. The average molecular weight is 486 g/mol. The SMILES string of the molecule is C=C(C)CN1CCC(NC(=NCCc2ccco2)NC2CCCC2)CC1.I. The maximum Gasteiger partial charge on any atom is 0.191 e. The molecule has 0 aromatic carbocycles. The molecular weight excluding hydrogens is 451 g/mol. The lowest BCUT2D eigenvalue weighted by molar-refractivity contribution is 0.220. The fourth-order valence-corrected chi connectivity index (χ4v) is 3.94. The normalized spacial score (nSPS) is 19.7. The van der Waals surface area contributed by atoms with Gasteiger partial charge in [0.05, 0.1) is 6.26 Å². The van der Waals surface area contributed by atoms with Crippen LogP contribution in [0.4, 0.5) is 0 Å². The summed E-state index contributed by atoms with van der Waals surface area (Å²) in [6.45, 7) is 10.2. The third-order valence-electron chi connectivity index (χ3n) is 5.33. The summed E-state index contributed by atoms with van der Waals surface area (Å²) in [7, 11) is 0. The molecule has 1 aromatic heterocycles. The van der Waals surface area contributed by atoms with Crippen LogP contribution in [0.2, 0.25) is 0 Å². The number of likely N-dealkylation sites (tertiary alicyclic amines) is 1. The Bertz CT molecular complexity index is 573. The molecule has 1 aliphatic heterocycles. The van der Waals surface area contributed by atoms with E-state index in [0.717, 1.165) is 57.2 Å². The molecule has 2 heterocycles. The molecule has 152 valence electrons. The van der Waals surface area contributed by atoms with Gasteiger partial charge in [-0.25, -0.2) is 0 Å². The highest BCUT2D eigenvalue weighted by Gasteiger charge is 2.22. The van der Waals surface area contributed by atoms with E-state index in [9.17, 15) is 0 Å². The lowest BCUT2D eigenvalue weighted by atomic mass is 10.0. The number of rotatable bonds is 7. The van der Waals surface area contributed by atoms with Crippen LogP contribution in [0, 0.1) is 0 Å². The molecule has 2 aliphatic rings. The standard InChI is InChI=1S/C21H34N4O.HI/c1-17(2)16-25-13-10-19(11-14-25)24-21(23-18-6-3-4-7-18)22-12-9-20-8-5-15-26-20;/h5,8,15,18-19H,1,3-4,6-7,9-14,16H2,2H3,(H2,22,23,24);1H. The third-order valence-corrected chi connectivity index (χ3v) is 5.33. The summed E-state index contributed by atoms with van der Waals surface area (Å²) in [6, 6.07) is 5.04. The average Bonchev–Trinajstić information content (AvgIpc) is 3.30. The molecule has 1 aromatic rings. The van der Waals surface area contributed by atoms with Crippen LogP contribution < -0.4 is 10.6 Å². The lowest BCUT2D eigenvalue weighted by Crippen LogP contribution is -2.50.